The van der Waals surface area contributed by atoms with Crippen LogP contribution in [0.1, 0.15) is 155 Å². The summed E-state index contributed by atoms with van der Waals surface area (Å²) in [6, 6.07) is -0.967. The zero-order chi connectivity index (χ0) is 27.6. The van der Waals surface area contributed by atoms with E-state index >= 15 is 0 Å². The molecule has 6 nitrogen and oxygen atoms in total. The van der Waals surface area contributed by atoms with E-state index in [-0.39, 0.29) is 5.91 Å². The Morgan fingerprint density at radius 2 is 1.16 bits per heavy atom. The molecular weight excluding hydrogens is 486 g/mol. The molecule has 37 heavy (non-hydrogen) atoms. The first-order chi connectivity index (χ1) is 17.8. The summed E-state index contributed by atoms with van der Waals surface area (Å²) in [5, 5.41) is 13.2. The third-order valence-electron chi connectivity index (χ3n) is 6.97. The van der Waals surface area contributed by atoms with E-state index in [2.05, 4.69) is 31.3 Å². The van der Waals surface area contributed by atoms with Crippen LogP contribution in [-0.4, -0.2) is 41.9 Å². The van der Waals surface area contributed by atoms with Crippen LogP contribution in [0.5, 0.6) is 0 Å². The molecule has 0 fully saturated rings. The summed E-state index contributed by atoms with van der Waals surface area (Å²) < 4.78 is 32.2. The molecule has 0 spiro atoms. The number of nitrogens with one attached hydrogen (secondary N) is 1. The molecule has 0 aromatic carbocycles. The fourth-order valence-corrected chi connectivity index (χ4v) is 5.37. The molecule has 0 aliphatic rings. The highest BCUT2D eigenvalue weighted by atomic mass is 32.2. The summed E-state index contributed by atoms with van der Waals surface area (Å²) in [4.78, 5) is 12.4. The lowest BCUT2D eigenvalue weighted by Gasteiger charge is -2.23. The predicted octanol–water partition coefficient (Wildman–Crippen LogP) is 7.90. The van der Waals surface area contributed by atoms with Gasteiger partial charge in [-0.1, -0.05) is 129 Å². The van der Waals surface area contributed by atoms with Gasteiger partial charge < -0.3 is 10.4 Å². The van der Waals surface area contributed by atoms with Gasteiger partial charge in [-0.15, -0.1) is 0 Å². The summed E-state index contributed by atoms with van der Waals surface area (Å²) in [6.45, 7) is 4.43. The number of carbonyl (C=O) groups excluding carboxylic acids is 1. The number of hydrogen-bond donors (Lipinski definition) is 3. The Morgan fingerprint density at radius 1 is 0.703 bits per heavy atom. The highest BCUT2D eigenvalue weighted by molar-refractivity contribution is 7.85. The standard InChI is InChI=1S/C30H59NO5S/c1-3-5-7-9-11-13-15-17-19-21-23-25-29(32)28(27-37(34,35)36)31-30(33)26-24-22-20-18-16-14-12-10-8-6-4-2/h10,12,28-29,32H,3-9,11,13-27H2,1-2H3,(H,31,33)(H,34,35,36)/b12-10-. The van der Waals surface area contributed by atoms with Crippen LogP contribution in [0.25, 0.3) is 0 Å². The zero-order valence-corrected chi connectivity index (χ0v) is 24.9. The molecule has 0 aromatic heterocycles. The van der Waals surface area contributed by atoms with Gasteiger partial charge in [-0.2, -0.15) is 8.42 Å². The predicted molar refractivity (Wildman–Crippen MR) is 156 cm³/mol. The first-order valence-corrected chi connectivity index (χ1v) is 17.0. The summed E-state index contributed by atoms with van der Waals surface area (Å²) in [5.74, 6) is -0.908. The minimum absolute atomic E-state index is 0.259. The highest BCUT2D eigenvalue weighted by Gasteiger charge is 2.26. The van der Waals surface area contributed by atoms with Gasteiger partial charge in [0.25, 0.3) is 10.1 Å². The lowest BCUT2D eigenvalue weighted by molar-refractivity contribution is -0.122. The van der Waals surface area contributed by atoms with Gasteiger partial charge in [0.15, 0.2) is 0 Å². The van der Waals surface area contributed by atoms with E-state index in [1.54, 1.807) is 0 Å². The molecule has 0 radical (unpaired) electrons. The average Bonchev–Trinajstić information content (AvgIpc) is 2.84. The fourth-order valence-electron chi connectivity index (χ4n) is 4.61. The lowest BCUT2D eigenvalue weighted by atomic mass is 10.0. The second-order valence-corrected chi connectivity index (χ2v) is 12.2. The van der Waals surface area contributed by atoms with Gasteiger partial charge in [0, 0.05) is 6.42 Å². The molecule has 2 unspecified atom stereocenters. The Labute approximate surface area is 229 Å². The summed E-state index contributed by atoms with van der Waals surface area (Å²) in [6.07, 6.45) is 27.3. The number of allylic oxidation sites excluding steroid dienone is 2. The van der Waals surface area contributed by atoms with E-state index in [0.717, 1.165) is 64.2 Å². The van der Waals surface area contributed by atoms with Crippen molar-refractivity contribution in [2.75, 3.05) is 5.75 Å². The number of aliphatic hydroxyl groups excluding tert-OH is 1. The topological polar surface area (TPSA) is 104 Å². The van der Waals surface area contributed by atoms with Crippen LogP contribution in [0.3, 0.4) is 0 Å². The molecule has 1 amide bonds. The van der Waals surface area contributed by atoms with Crippen molar-refractivity contribution in [3.8, 4) is 0 Å². The Balaban J connectivity index is 4.04. The van der Waals surface area contributed by atoms with Crippen molar-refractivity contribution in [3.63, 3.8) is 0 Å². The Kier molecular flexibility index (Phi) is 24.7. The van der Waals surface area contributed by atoms with Crippen LogP contribution in [0.4, 0.5) is 0 Å². The molecule has 7 heteroatoms. The minimum Gasteiger partial charge on any atom is -0.391 e. The van der Waals surface area contributed by atoms with Gasteiger partial charge in [0.2, 0.25) is 5.91 Å². The van der Waals surface area contributed by atoms with E-state index in [1.165, 1.54) is 64.2 Å². The quantitative estimate of drug-likeness (QED) is 0.0553. The molecular formula is C30H59NO5S. The van der Waals surface area contributed by atoms with Crippen molar-refractivity contribution in [2.45, 2.75) is 167 Å². The number of amides is 1. The molecule has 0 saturated heterocycles. The Hall–Kier alpha value is -0.920. The molecule has 3 N–H and O–H groups in total. The van der Waals surface area contributed by atoms with Crippen molar-refractivity contribution < 1.29 is 22.9 Å². The van der Waals surface area contributed by atoms with Crippen LogP contribution in [0.15, 0.2) is 12.2 Å². The van der Waals surface area contributed by atoms with Gasteiger partial charge in [-0.25, -0.2) is 0 Å². The number of hydrogen-bond acceptors (Lipinski definition) is 4. The monoisotopic (exact) mass is 545 g/mol. The van der Waals surface area contributed by atoms with Crippen molar-refractivity contribution in [1.82, 2.24) is 5.32 Å². The zero-order valence-electron chi connectivity index (χ0n) is 24.1. The van der Waals surface area contributed by atoms with Gasteiger partial charge in [0.05, 0.1) is 17.9 Å². The number of carbonyl (C=O) groups is 1. The van der Waals surface area contributed by atoms with E-state index < -0.39 is 28.0 Å². The van der Waals surface area contributed by atoms with E-state index in [0.29, 0.717) is 12.8 Å². The van der Waals surface area contributed by atoms with Crippen LogP contribution < -0.4 is 5.32 Å². The van der Waals surface area contributed by atoms with Crippen LogP contribution >= 0.6 is 0 Å². The maximum atomic E-state index is 12.4. The van der Waals surface area contributed by atoms with Crippen LogP contribution in [0, 0.1) is 0 Å². The smallest absolute Gasteiger partial charge is 0.266 e. The third-order valence-corrected chi connectivity index (χ3v) is 7.75. The van der Waals surface area contributed by atoms with Crippen molar-refractivity contribution in [2.24, 2.45) is 0 Å². The van der Waals surface area contributed by atoms with Crippen LogP contribution in [0.2, 0.25) is 0 Å². The van der Waals surface area contributed by atoms with E-state index in [4.69, 9.17) is 0 Å². The summed E-state index contributed by atoms with van der Waals surface area (Å²) in [7, 11) is -4.29. The maximum Gasteiger partial charge on any atom is 0.266 e. The summed E-state index contributed by atoms with van der Waals surface area (Å²) in [5.41, 5.74) is 0. The summed E-state index contributed by atoms with van der Waals surface area (Å²) >= 11 is 0. The van der Waals surface area contributed by atoms with Crippen LogP contribution in [-0.2, 0) is 14.9 Å². The van der Waals surface area contributed by atoms with Crippen molar-refractivity contribution >= 4 is 16.0 Å². The Bertz CT molecular complexity index is 650. The highest BCUT2D eigenvalue weighted by Crippen LogP contribution is 2.14. The average molecular weight is 546 g/mol. The minimum atomic E-state index is -4.29. The normalized spacial score (nSPS) is 13.7. The number of unbranched alkanes of at least 4 members (excludes halogenated alkanes) is 17. The molecule has 0 aromatic rings. The largest absolute Gasteiger partial charge is 0.391 e. The fraction of sp³-hybridized carbons (Fsp3) is 0.900. The molecule has 220 valence electrons. The second-order valence-electron chi connectivity index (χ2n) is 10.7. The maximum absolute atomic E-state index is 12.4. The number of rotatable bonds is 27. The van der Waals surface area contributed by atoms with Crippen molar-refractivity contribution in [3.05, 3.63) is 12.2 Å². The van der Waals surface area contributed by atoms with Gasteiger partial charge in [0.1, 0.15) is 0 Å². The SMILES string of the molecule is CCCC/C=C\CCCCCCCC(=O)NC(CS(=O)(=O)O)C(O)CCCCCCCCCCCCC. The molecule has 0 aliphatic heterocycles. The van der Waals surface area contributed by atoms with E-state index in [9.17, 15) is 22.9 Å². The third kappa shape index (κ3) is 26.5. The second kappa shape index (κ2) is 25.4. The van der Waals surface area contributed by atoms with Gasteiger partial charge in [-0.05, 0) is 32.1 Å². The molecule has 0 bridgehead atoms. The van der Waals surface area contributed by atoms with Gasteiger partial charge in [-0.3, -0.25) is 9.35 Å². The van der Waals surface area contributed by atoms with Gasteiger partial charge >= 0.3 is 0 Å². The molecule has 0 aliphatic carbocycles. The van der Waals surface area contributed by atoms with Crippen molar-refractivity contribution in [1.29, 1.82) is 0 Å². The lowest BCUT2D eigenvalue weighted by Crippen LogP contribution is -2.47. The molecule has 0 saturated carbocycles. The molecule has 0 heterocycles. The molecule has 0 rings (SSSR count). The first kappa shape index (κ1) is 36.1. The number of aliphatic hydroxyl groups is 1. The Morgan fingerprint density at radius 3 is 1.70 bits per heavy atom. The molecule has 2 atom stereocenters. The first-order valence-electron chi connectivity index (χ1n) is 15.4. The van der Waals surface area contributed by atoms with E-state index in [1.807, 2.05) is 0 Å².